The van der Waals surface area contributed by atoms with E-state index in [2.05, 4.69) is 15.0 Å². The van der Waals surface area contributed by atoms with Crippen LogP contribution in [0.5, 0.6) is 0 Å². The molecule has 156 valence electrons. The lowest BCUT2D eigenvalue weighted by molar-refractivity contribution is 0.603. The first-order chi connectivity index (χ1) is 14.5. The maximum Gasteiger partial charge on any atom is 0.220 e. The monoisotopic (exact) mass is 441 g/mol. The molecule has 4 N–H and O–H groups in total. The Labute approximate surface area is 184 Å². The van der Waals surface area contributed by atoms with Gasteiger partial charge in [0.05, 0.1) is 10.6 Å². The second-order valence-corrected chi connectivity index (χ2v) is 7.77. The molecule has 5 nitrogen and oxygen atoms in total. The highest BCUT2D eigenvalue weighted by atomic mass is 32.2. The van der Waals surface area contributed by atoms with Gasteiger partial charge in [-0.3, -0.25) is 4.98 Å². The predicted molar refractivity (Wildman–Crippen MR) is 125 cm³/mol. The Morgan fingerprint density at radius 3 is 2.30 bits per heavy atom. The number of hydrogen-bond donors (Lipinski definition) is 2. The summed E-state index contributed by atoms with van der Waals surface area (Å²) in [7, 11) is 0. The van der Waals surface area contributed by atoms with Crippen molar-refractivity contribution in [3.8, 4) is 10.6 Å². The molecular weight excluding hydrogens is 417 g/mol. The number of aryl methyl sites for hydroxylation is 1. The average molecular weight is 442 g/mol. The molecule has 0 unspecified atom stereocenters. The van der Waals surface area contributed by atoms with Crippen LogP contribution in [0.2, 0.25) is 0 Å². The molecule has 3 aromatic heterocycles. The number of pyridine rings is 1. The zero-order valence-corrected chi connectivity index (χ0v) is 18.7. The summed E-state index contributed by atoms with van der Waals surface area (Å²) in [5.41, 5.74) is 13.2. The summed E-state index contributed by atoms with van der Waals surface area (Å²) in [6, 6.07) is 14.3. The molecule has 3 heterocycles. The van der Waals surface area contributed by atoms with Crippen LogP contribution in [-0.4, -0.2) is 15.0 Å². The molecule has 0 bridgehead atoms. The topological polar surface area (TPSA) is 90.7 Å². The van der Waals surface area contributed by atoms with Gasteiger partial charge in [0.25, 0.3) is 0 Å². The molecule has 0 aliphatic carbocycles. The van der Waals surface area contributed by atoms with Crippen LogP contribution in [0.25, 0.3) is 10.6 Å². The molecule has 0 aliphatic heterocycles. The van der Waals surface area contributed by atoms with Crippen LogP contribution in [0.15, 0.2) is 76.1 Å². The van der Waals surface area contributed by atoms with E-state index in [1.807, 2.05) is 56.5 Å². The van der Waals surface area contributed by atoms with Crippen LogP contribution in [0.4, 0.5) is 16.0 Å². The second kappa shape index (κ2) is 11.9. The van der Waals surface area contributed by atoms with Crippen LogP contribution in [0, 0.1) is 12.7 Å². The fraction of sp³-hybridized carbons (Fsp3) is 0.136. The van der Waals surface area contributed by atoms with E-state index in [9.17, 15) is 4.39 Å². The highest BCUT2D eigenvalue weighted by molar-refractivity contribution is 7.99. The molecular formula is C22H24FN5S2. The van der Waals surface area contributed by atoms with Crippen LogP contribution in [0.1, 0.15) is 19.5 Å². The van der Waals surface area contributed by atoms with Gasteiger partial charge in [-0.05, 0) is 54.8 Å². The molecule has 8 heteroatoms. The Bertz CT molecular complexity index is 1020. The van der Waals surface area contributed by atoms with E-state index in [0.717, 1.165) is 21.2 Å². The SMILES string of the molecule is CC.Cc1cc(-c2cccs2)nc(N)n1.Nc1ccc(Sc2ccncc2)c(F)c1. The summed E-state index contributed by atoms with van der Waals surface area (Å²) in [5, 5.41) is 2.02. The van der Waals surface area contributed by atoms with Gasteiger partial charge >= 0.3 is 0 Å². The number of thiophene rings is 1. The summed E-state index contributed by atoms with van der Waals surface area (Å²) in [6.07, 6.45) is 3.36. The number of hydrogen-bond acceptors (Lipinski definition) is 7. The normalized spacial score (nSPS) is 9.73. The maximum absolute atomic E-state index is 13.4. The summed E-state index contributed by atoms with van der Waals surface area (Å²) >= 11 is 3.00. The van der Waals surface area contributed by atoms with E-state index in [1.165, 1.54) is 17.8 Å². The van der Waals surface area contributed by atoms with Crippen LogP contribution < -0.4 is 11.5 Å². The van der Waals surface area contributed by atoms with Crippen LogP contribution in [0.3, 0.4) is 0 Å². The standard InChI is InChI=1S/C11H9FN2S.C9H9N3S.C2H6/c12-10-7-8(13)1-2-11(10)15-9-3-5-14-6-4-9;1-6-5-7(12-9(10)11-6)8-3-2-4-13-8;1-2/h1-7H,13H2;2-5H,1H3,(H2,10,11,12);1-2H3. The zero-order chi connectivity index (χ0) is 21.9. The number of anilines is 2. The van der Waals surface area contributed by atoms with E-state index < -0.39 is 0 Å². The van der Waals surface area contributed by atoms with Gasteiger partial charge in [0, 0.05) is 33.6 Å². The van der Waals surface area contributed by atoms with Crippen molar-refractivity contribution < 1.29 is 4.39 Å². The number of nitrogens with two attached hydrogens (primary N) is 2. The summed E-state index contributed by atoms with van der Waals surface area (Å²) < 4.78 is 13.4. The molecule has 0 amide bonds. The second-order valence-electron chi connectivity index (χ2n) is 5.70. The van der Waals surface area contributed by atoms with Crippen molar-refractivity contribution in [2.24, 2.45) is 0 Å². The lowest BCUT2D eigenvalue weighted by atomic mass is 10.3. The fourth-order valence-electron chi connectivity index (χ4n) is 2.28. The fourth-order valence-corrected chi connectivity index (χ4v) is 3.77. The molecule has 0 fully saturated rings. The highest BCUT2D eigenvalue weighted by Gasteiger charge is 2.04. The van der Waals surface area contributed by atoms with E-state index in [0.29, 0.717) is 16.5 Å². The van der Waals surface area contributed by atoms with E-state index in [-0.39, 0.29) is 5.82 Å². The first kappa shape index (κ1) is 23.3. The largest absolute Gasteiger partial charge is 0.399 e. The van der Waals surface area contributed by atoms with Gasteiger partial charge in [0.2, 0.25) is 5.95 Å². The number of rotatable bonds is 3. The van der Waals surface area contributed by atoms with Gasteiger partial charge in [0.15, 0.2) is 0 Å². The van der Waals surface area contributed by atoms with Crippen LogP contribution in [-0.2, 0) is 0 Å². The van der Waals surface area contributed by atoms with Gasteiger partial charge < -0.3 is 11.5 Å². The minimum absolute atomic E-state index is 0.295. The number of halogens is 1. The van der Waals surface area contributed by atoms with Crippen LogP contribution >= 0.6 is 23.1 Å². The van der Waals surface area contributed by atoms with Crippen molar-refractivity contribution in [3.05, 3.63) is 77.8 Å². The van der Waals surface area contributed by atoms with Crippen molar-refractivity contribution >= 4 is 34.7 Å². The summed E-state index contributed by atoms with van der Waals surface area (Å²) in [6.45, 7) is 5.91. The third-order valence-electron chi connectivity index (χ3n) is 3.48. The van der Waals surface area contributed by atoms with Gasteiger partial charge in [-0.1, -0.05) is 31.7 Å². The smallest absolute Gasteiger partial charge is 0.220 e. The Kier molecular flexibility index (Phi) is 9.24. The Balaban J connectivity index is 0.000000199. The average Bonchev–Trinajstić information content (AvgIpc) is 3.27. The van der Waals surface area contributed by atoms with Gasteiger partial charge in [-0.2, -0.15) is 0 Å². The highest BCUT2D eigenvalue weighted by Crippen LogP contribution is 2.30. The number of nitrogen functional groups attached to an aromatic ring is 2. The Hall–Kier alpha value is -2.97. The van der Waals surface area contributed by atoms with Gasteiger partial charge in [-0.15, -0.1) is 11.3 Å². The molecule has 4 aromatic rings. The van der Waals surface area contributed by atoms with E-state index in [4.69, 9.17) is 11.5 Å². The lowest BCUT2D eigenvalue weighted by Crippen LogP contribution is -1.97. The third kappa shape index (κ3) is 7.13. The number of benzene rings is 1. The molecule has 30 heavy (non-hydrogen) atoms. The predicted octanol–water partition coefficient (Wildman–Crippen LogP) is 6.08. The quantitative estimate of drug-likeness (QED) is 0.375. The third-order valence-corrected chi connectivity index (χ3v) is 5.43. The molecule has 0 saturated carbocycles. The van der Waals surface area contributed by atoms with Crippen molar-refractivity contribution in [3.63, 3.8) is 0 Å². The molecule has 0 aliphatic rings. The van der Waals surface area contributed by atoms with Gasteiger partial charge in [-0.25, -0.2) is 14.4 Å². The van der Waals surface area contributed by atoms with Gasteiger partial charge in [0.1, 0.15) is 5.82 Å². The summed E-state index contributed by atoms with van der Waals surface area (Å²) in [5.74, 6) is 0.0419. The van der Waals surface area contributed by atoms with Crippen molar-refractivity contribution in [2.75, 3.05) is 11.5 Å². The molecule has 1 aromatic carbocycles. The molecule has 4 rings (SSSR count). The van der Waals surface area contributed by atoms with E-state index in [1.54, 1.807) is 35.9 Å². The summed E-state index contributed by atoms with van der Waals surface area (Å²) in [4.78, 5) is 14.7. The first-order valence-electron chi connectivity index (χ1n) is 9.29. The van der Waals surface area contributed by atoms with Crippen molar-refractivity contribution in [1.29, 1.82) is 0 Å². The lowest BCUT2D eigenvalue weighted by Gasteiger charge is -2.03. The number of aromatic nitrogens is 3. The first-order valence-corrected chi connectivity index (χ1v) is 11.0. The zero-order valence-electron chi connectivity index (χ0n) is 17.0. The Morgan fingerprint density at radius 1 is 0.967 bits per heavy atom. The van der Waals surface area contributed by atoms with E-state index >= 15 is 0 Å². The maximum atomic E-state index is 13.4. The molecule has 0 spiro atoms. The molecule has 0 radical (unpaired) electrons. The Morgan fingerprint density at radius 2 is 1.70 bits per heavy atom. The molecule has 0 saturated heterocycles. The molecule has 0 atom stereocenters. The van der Waals surface area contributed by atoms with Crippen molar-refractivity contribution in [1.82, 2.24) is 15.0 Å². The van der Waals surface area contributed by atoms with Crippen molar-refractivity contribution in [2.45, 2.75) is 30.6 Å². The minimum atomic E-state index is -0.295. The minimum Gasteiger partial charge on any atom is -0.399 e. The number of nitrogens with zero attached hydrogens (tertiary/aromatic N) is 3.